The Morgan fingerprint density at radius 2 is 1.76 bits per heavy atom. The molecule has 0 saturated carbocycles. The molecule has 0 fully saturated rings. The van der Waals surface area contributed by atoms with Crippen LogP contribution < -0.4 is 10.6 Å². The van der Waals surface area contributed by atoms with Crippen LogP contribution in [0.4, 0.5) is 11.4 Å². The standard InChI is InChI=1S/C29H32N4O4/c1-32(2)18-21-8-12-24(13-9-21)30-28(36)22-10-11-23-19-33(15-14-20-6-4-3-5-7-20)29(37)26(17-27(34)35)31-25(23)16-22/h3-13,16,26,31H,14-15,17-19H2,1-2H3,(H,30,36)(H,34,35). The Morgan fingerprint density at radius 1 is 1.03 bits per heavy atom. The summed E-state index contributed by atoms with van der Waals surface area (Å²) in [5.41, 5.74) is 4.77. The number of rotatable bonds is 9. The summed E-state index contributed by atoms with van der Waals surface area (Å²) in [5.74, 6) is -1.61. The fourth-order valence-electron chi connectivity index (χ4n) is 4.42. The molecule has 3 aromatic rings. The van der Waals surface area contributed by atoms with E-state index < -0.39 is 12.0 Å². The van der Waals surface area contributed by atoms with Gasteiger partial charge in [0.25, 0.3) is 5.91 Å². The van der Waals surface area contributed by atoms with Crippen molar-refractivity contribution in [1.29, 1.82) is 0 Å². The lowest BCUT2D eigenvalue weighted by Gasteiger charge is -2.24. The molecule has 0 bridgehead atoms. The topological polar surface area (TPSA) is 102 Å². The Kier molecular flexibility index (Phi) is 8.20. The maximum Gasteiger partial charge on any atom is 0.305 e. The highest BCUT2D eigenvalue weighted by molar-refractivity contribution is 6.05. The van der Waals surface area contributed by atoms with Crippen LogP contribution in [-0.4, -0.2) is 59.4 Å². The van der Waals surface area contributed by atoms with Gasteiger partial charge in [-0.05, 0) is 61.5 Å². The summed E-state index contributed by atoms with van der Waals surface area (Å²) in [6.45, 7) is 1.61. The van der Waals surface area contributed by atoms with Crippen molar-refractivity contribution in [2.45, 2.75) is 32.0 Å². The molecule has 2 amide bonds. The molecule has 192 valence electrons. The van der Waals surface area contributed by atoms with Gasteiger partial charge in [0, 0.05) is 36.6 Å². The second-order valence-corrected chi connectivity index (χ2v) is 9.55. The lowest BCUT2D eigenvalue weighted by atomic mass is 10.1. The molecule has 4 rings (SSSR count). The van der Waals surface area contributed by atoms with Crippen LogP contribution in [0.5, 0.6) is 0 Å². The Hall–Kier alpha value is -4.17. The SMILES string of the molecule is CN(C)Cc1ccc(NC(=O)c2ccc3c(c2)NC(CC(=O)O)C(=O)N(CCc2ccccc2)C3)cc1. The number of carbonyl (C=O) groups excluding carboxylic acids is 2. The molecule has 8 heteroatoms. The molecule has 8 nitrogen and oxygen atoms in total. The van der Waals surface area contributed by atoms with E-state index in [0.717, 1.165) is 23.2 Å². The van der Waals surface area contributed by atoms with Gasteiger partial charge >= 0.3 is 5.97 Å². The lowest BCUT2D eigenvalue weighted by molar-refractivity contribution is -0.141. The molecule has 0 spiro atoms. The molecular formula is C29H32N4O4. The first-order valence-electron chi connectivity index (χ1n) is 12.3. The lowest BCUT2D eigenvalue weighted by Crippen LogP contribution is -2.42. The number of fused-ring (bicyclic) bond motifs is 1. The number of amides is 2. The van der Waals surface area contributed by atoms with Gasteiger partial charge in [-0.2, -0.15) is 0 Å². The molecule has 0 radical (unpaired) electrons. The zero-order valence-corrected chi connectivity index (χ0v) is 21.1. The number of carboxylic acids is 1. The van der Waals surface area contributed by atoms with Crippen molar-refractivity contribution in [1.82, 2.24) is 9.80 Å². The van der Waals surface area contributed by atoms with E-state index in [1.165, 1.54) is 0 Å². The van der Waals surface area contributed by atoms with Gasteiger partial charge in [0.2, 0.25) is 5.91 Å². The van der Waals surface area contributed by atoms with Crippen molar-refractivity contribution in [2.24, 2.45) is 0 Å². The minimum atomic E-state index is -1.07. The average molecular weight is 501 g/mol. The van der Waals surface area contributed by atoms with E-state index in [4.69, 9.17) is 0 Å². The third-order valence-corrected chi connectivity index (χ3v) is 6.28. The molecule has 37 heavy (non-hydrogen) atoms. The number of anilines is 2. The van der Waals surface area contributed by atoms with Crippen molar-refractivity contribution in [3.8, 4) is 0 Å². The van der Waals surface area contributed by atoms with Gasteiger partial charge in [0.1, 0.15) is 6.04 Å². The minimum Gasteiger partial charge on any atom is -0.481 e. The van der Waals surface area contributed by atoms with Crippen molar-refractivity contribution in [2.75, 3.05) is 31.3 Å². The van der Waals surface area contributed by atoms with E-state index in [1.807, 2.05) is 74.8 Å². The molecular weight excluding hydrogens is 468 g/mol. The molecule has 0 saturated heterocycles. The number of hydrogen-bond acceptors (Lipinski definition) is 5. The summed E-state index contributed by atoms with van der Waals surface area (Å²) < 4.78 is 0. The van der Waals surface area contributed by atoms with E-state index in [9.17, 15) is 19.5 Å². The monoisotopic (exact) mass is 500 g/mol. The van der Waals surface area contributed by atoms with E-state index >= 15 is 0 Å². The van der Waals surface area contributed by atoms with Gasteiger partial charge < -0.3 is 25.5 Å². The highest BCUT2D eigenvalue weighted by Gasteiger charge is 2.31. The molecule has 1 atom stereocenters. The number of nitrogens with zero attached hydrogens (tertiary/aromatic N) is 2. The van der Waals surface area contributed by atoms with Gasteiger partial charge in [-0.1, -0.05) is 48.5 Å². The second kappa shape index (κ2) is 11.7. The van der Waals surface area contributed by atoms with Crippen molar-refractivity contribution >= 4 is 29.2 Å². The Labute approximate surface area is 216 Å². The van der Waals surface area contributed by atoms with Gasteiger partial charge in [0.15, 0.2) is 0 Å². The van der Waals surface area contributed by atoms with E-state index in [2.05, 4.69) is 15.5 Å². The average Bonchev–Trinajstić information content (AvgIpc) is 2.99. The number of benzene rings is 3. The van der Waals surface area contributed by atoms with Crippen LogP contribution in [0.3, 0.4) is 0 Å². The third kappa shape index (κ3) is 6.95. The Bertz CT molecular complexity index is 1260. The van der Waals surface area contributed by atoms with Gasteiger partial charge in [0.05, 0.1) is 6.42 Å². The first-order valence-corrected chi connectivity index (χ1v) is 12.3. The smallest absolute Gasteiger partial charge is 0.305 e. The molecule has 1 aliphatic rings. The van der Waals surface area contributed by atoms with Crippen LogP contribution in [0, 0.1) is 0 Å². The summed E-state index contributed by atoms with van der Waals surface area (Å²) in [6.07, 6.45) is 0.311. The highest BCUT2D eigenvalue weighted by atomic mass is 16.4. The number of carbonyl (C=O) groups is 3. The van der Waals surface area contributed by atoms with Gasteiger partial charge in [-0.3, -0.25) is 14.4 Å². The zero-order valence-electron chi connectivity index (χ0n) is 21.1. The number of hydrogen-bond donors (Lipinski definition) is 3. The Balaban J connectivity index is 1.51. The van der Waals surface area contributed by atoms with Gasteiger partial charge in [-0.25, -0.2) is 0 Å². The summed E-state index contributed by atoms with van der Waals surface area (Å²) >= 11 is 0. The number of carboxylic acid groups (broad SMARTS) is 1. The molecule has 3 N–H and O–H groups in total. The maximum absolute atomic E-state index is 13.2. The third-order valence-electron chi connectivity index (χ3n) is 6.28. The number of aliphatic carboxylic acids is 1. The van der Waals surface area contributed by atoms with Crippen LogP contribution >= 0.6 is 0 Å². The van der Waals surface area contributed by atoms with Crippen molar-refractivity contribution in [3.63, 3.8) is 0 Å². The second-order valence-electron chi connectivity index (χ2n) is 9.55. The van der Waals surface area contributed by atoms with Crippen LogP contribution in [0.25, 0.3) is 0 Å². The first-order chi connectivity index (χ1) is 17.8. The first kappa shape index (κ1) is 25.9. The van der Waals surface area contributed by atoms with E-state index in [-0.39, 0.29) is 18.2 Å². The molecule has 1 unspecified atom stereocenters. The van der Waals surface area contributed by atoms with Crippen LogP contribution in [0.2, 0.25) is 0 Å². The van der Waals surface area contributed by atoms with Crippen LogP contribution in [-0.2, 0) is 29.1 Å². The van der Waals surface area contributed by atoms with Gasteiger partial charge in [-0.15, -0.1) is 0 Å². The fourth-order valence-corrected chi connectivity index (χ4v) is 4.42. The quantitative estimate of drug-likeness (QED) is 0.413. The normalized spacial score (nSPS) is 15.1. The van der Waals surface area contributed by atoms with Crippen molar-refractivity contribution in [3.05, 3.63) is 95.1 Å². The van der Waals surface area contributed by atoms with Crippen LogP contribution in [0.15, 0.2) is 72.8 Å². The summed E-state index contributed by atoms with van der Waals surface area (Å²) in [7, 11) is 4.00. The molecule has 0 aromatic heterocycles. The zero-order chi connectivity index (χ0) is 26.4. The predicted octanol–water partition coefficient (Wildman–Crippen LogP) is 3.84. The molecule has 1 aliphatic heterocycles. The largest absolute Gasteiger partial charge is 0.481 e. The summed E-state index contributed by atoms with van der Waals surface area (Å²) in [5, 5.41) is 15.4. The van der Waals surface area contributed by atoms with Crippen molar-refractivity contribution < 1.29 is 19.5 Å². The summed E-state index contributed by atoms with van der Waals surface area (Å²) in [6, 6.07) is 21.9. The van der Waals surface area contributed by atoms with Crippen LogP contribution in [0.1, 0.15) is 33.5 Å². The Morgan fingerprint density at radius 3 is 2.43 bits per heavy atom. The van der Waals surface area contributed by atoms with E-state index in [1.54, 1.807) is 17.0 Å². The fraction of sp³-hybridized carbons (Fsp3) is 0.276. The molecule has 1 heterocycles. The highest BCUT2D eigenvalue weighted by Crippen LogP contribution is 2.26. The molecule has 3 aromatic carbocycles. The maximum atomic E-state index is 13.2. The molecule has 0 aliphatic carbocycles. The number of nitrogens with one attached hydrogen (secondary N) is 2. The predicted molar refractivity (Wildman–Crippen MR) is 143 cm³/mol. The summed E-state index contributed by atoms with van der Waals surface area (Å²) in [4.78, 5) is 41.5. The van der Waals surface area contributed by atoms with E-state index in [0.29, 0.717) is 36.4 Å². The minimum absolute atomic E-state index is 0.265.